The summed E-state index contributed by atoms with van der Waals surface area (Å²) in [6, 6.07) is 6.04. The van der Waals surface area contributed by atoms with Gasteiger partial charge in [0.2, 0.25) is 0 Å². The summed E-state index contributed by atoms with van der Waals surface area (Å²) in [5.74, 6) is 2.12. The Morgan fingerprint density at radius 2 is 1.70 bits per heavy atom. The Kier molecular flexibility index (Phi) is 4.34. The summed E-state index contributed by atoms with van der Waals surface area (Å²) in [6.07, 6.45) is 1.78. The molecule has 0 unspecified atom stereocenters. The van der Waals surface area contributed by atoms with E-state index in [2.05, 4.69) is 27.9 Å². The van der Waals surface area contributed by atoms with Crippen molar-refractivity contribution in [1.29, 1.82) is 0 Å². The van der Waals surface area contributed by atoms with E-state index in [1.54, 1.807) is 6.20 Å². The van der Waals surface area contributed by atoms with Gasteiger partial charge >= 0.3 is 0 Å². The normalized spacial score (nSPS) is 14.8. The number of anilines is 1. The average molecular weight is 364 g/mol. The first-order valence-electron chi connectivity index (χ1n) is 9.29. The van der Waals surface area contributed by atoms with E-state index < -0.39 is 0 Å². The van der Waals surface area contributed by atoms with Gasteiger partial charge in [-0.1, -0.05) is 12.1 Å². The van der Waals surface area contributed by atoms with Gasteiger partial charge in [-0.2, -0.15) is 0 Å². The number of amides is 1. The summed E-state index contributed by atoms with van der Waals surface area (Å²) in [6.45, 7) is 10.7. The number of hydrogen-bond donors (Lipinski definition) is 0. The summed E-state index contributed by atoms with van der Waals surface area (Å²) >= 11 is 0. The second-order valence-electron chi connectivity index (χ2n) is 7.20. The summed E-state index contributed by atoms with van der Waals surface area (Å²) in [5, 5.41) is 1.06. The minimum atomic E-state index is -0.0268. The van der Waals surface area contributed by atoms with Gasteiger partial charge < -0.3 is 14.2 Å². The average Bonchev–Trinajstić information content (AvgIpc) is 3.03. The molecule has 140 valence electrons. The largest absolute Gasteiger partial charge is 0.450 e. The van der Waals surface area contributed by atoms with Crippen molar-refractivity contribution < 1.29 is 9.21 Å². The van der Waals surface area contributed by atoms with Crippen molar-refractivity contribution in [2.75, 3.05) is 31.1 Å². The number of carbonyl (C=O) groups excluding carboxylic acids is 1. The second-order valence-corrected chi connectivity index (χ2v) is 7.20. The van der Waals surface area contributed by atoms with Crippen LogP contribution in [-0.2, 0) is 0 Å². The van der Waals surface area contributed by atoms with Gasteiger partial charge in [0.25, 0.3) is 5.91 Å². The number of nitrogens with zero attached hydrogens (tertiary/aromatic N) is 4. The number of rotatable bonds is 2. The van der Waals surface area contributed by atoms with Gasteiger partial charge in [0.15, 0.2) is 5.76 Å². The summed E-state index contributed by atoms with van der Waals surface area (Å²) in [4.78, 5) is 25.8. The minimum Gasteiger partial charge on any atom is -0.450 e. The Hall–Kier alpha value is -2.89. The lowest BCUT2D eigenvalue weighted by Crippen LogP contribution is -2.49. The van der Waals surface area contributed by atoms with Gasteiger partial charge in [-0.25, -0.2) is 9.97 Å². The van der Waals surface area contributed by atoms with Gasteiger partial charge in [-0.15, -0.1) is 0 Å². The first kappa shape index (κ1) is 17.5. The molecule has 0 atom stereocenters. The lowest BCUT2D eigenvalue weighted by molar-refractivity contribution is 0.0716. The molecule has 1 amide bonds. The van der Waals surface area contributed by atoms with Crippen molar-refractivity contribution in [2.45, 2.75) is 27.7 Å². The van der Waals surface area contributed by atoms with Crippen LogP contribution in [0.4, 0.5) is 5.82 Å². The van der Waals surface area contributed by atoms with Crippen LogP contribution in [0.3, 0.4) is 0 Å². The number of piperazine rings is 1. The third-order valence-corrected chi connectivity index (χ3v) is 5.33. The second kappa shape index (κ2) is 6.68. The Morgan fingerprint density at radius 3 is 2.37 bits per heavy atom. The van der Waals surface area contributed by atoms with Crippen LogP contribution >= 0.6 is 0 Å². The fraction of sp³-hybridized carbons (Fsp3) is 0.381. The van der Waals surface area contributed by atoms with Crippen LogP contribution in [0.5, 0.6) is 0 Å². The van der Waals surface area contributed by atoms with Crippen LogP contribution in [0.1, 0.15) is 33.1 Å². The molecule has 0 saturated carbocycles. The molecule has 3 heterocycles. The standard InChI is InChI=1S/C21H24N4O2/c1-13-5-6-14(2)19-18(13)15(3)20(27-19)21(26)25-11-9-24(10-12-25)17-7-8-22-16(4)23-17/h5-8H,9-12H2,1-4H3. The molecule has 1 saturated heterocycles. The Bertz CT molecular complexity index is 1020. The van der Waals surface area contributed by atoms with Gasteiger partial charge in [-0.3, -0.25) is 4.79 Å². The highest BCUT2D eigenvalue weighted by molar-refractivity contribution is 6.00. The van der Waals surface area contributed by atoms with Crippen LogP contribution in [0.2, 0.25) is 0 Å². The number of benzene rings is 1. The predicted molar refractivity (Wildman–Crippen MR) is 105 cm³/mol. The zero-order valence-corrected chi connectivity index (χ0v) is 16.2. The summed E-state index contributed by atoms with van der Waals surface area (Å²) < 4.78 is 6.03. The number of fused-ring (bicyclic) bond motifs is 1. The number of aromatic nitrogens is 2. The van der Waals surface area contributed by atoms with E-state index in [0.717, 1.165) is 52.4 Å². The van der Waals surface area contributed by atoms with E-state index in [1.807, 2.05) is 37.8 Å². The molecule has 27 heavy (non-hydrogen) atoms. The van der Waals surface area contributed by atoms with Crippen molar-refractivity contribution in [3.8, 4) is 0 Å². The van der Waals surface area contributed by atoms with E-state index in [9.17, 15) is 4.79 Å². The lowest BCUT2D eigenvalue weighted by atomic mass is 10.0. The molecule has 1 aromatic carbocycles. The molecule has 0 radical (unpaired) electrons. The third kappa shape index (κ3) is 3.05. The maximum Gasteiger partial charge on any atom is 0.290 e. The number of hydrogen-bond acceptors (Lipinski definition) is 5. The van der Waals surface area contributed by atoms with Crippen molar-refractivity contribution in [3.63, 3.8) is 0 Å². The molecule has 4 rings (SSSR count). The lowest BCUT2D eigenvalue weighted by Gasteiger charge is -2.35. The molecule has 6 nitrogen and oxygen atoms in total. The zero-order chi connectivity index (χ0) is 19.1. The fourth-order valence-corrected chi connectivity index (χ4v) is 3.78. The molecule has 3 aromatic rings. The van der Waals surface area contributed by atoms with E-state index in [0.29, 0.717) is 18.8 Å². The third-order valence-electron chi connectivity index (χ3n) is 5.33. The quantitative estimate of drug-likeness (QED) is 0.697. The van der Waals surface area contributed by atoms with Gasteiger partial charge in [0.1, 0.15) is 17.2 Å². The molecule has 6 heteroatoms. The minimum absolute atomic E-state index is 0.0268. The first-order valence-corrected chi connectivity index (χ1v) is 9.29. The maximum atomic E-state index is 13.1. The zero-order valence-electron chi connectivity index (χ0n) is 16.2. The van der Waals surface area contributed by atoms with E-state index in [-0.39, 0.29) is 5.91 Å². The van der Waals surface area contributed by atoms with Crippen molar-refractivity contribution in [2.24, 2.45) is 0 Å². The van der Waals surface area contributed by atoms with Crippen molar-refractivity contribution in [1.82, 2.24) is 14.9 Å². The monoisotopic (exact) mass is 364 g/mol. The highest BCUT2D eigenvalue weighted by Crippen LogP contribution is 2.31. The number of carbonyl (C=O) groups is 1. The molecule has 0 N–H and O–H groups in total. The molecule has 0 aliphatic carbocycles. The van der Waals surface area contributed by atoms with Gasteiger partial charge in [0.05, 0.1) is 0 Å². The van der Waals surface area contributed by atoms with Crippen LogP contribution in [-0.4, -0.2) is 47.0 Å². The molecule has 1 aliphatic heterocycles. The number of furan rings is 1. The predicted octanol–water partition coefficient (Wildman–Crippen LogP) is 3.42. The summed E-state index contributed by atoms with van der Waals surface area (Å²) in [7, 11) is 0. The molecule has 2 aromatic heterocycles. The van der Waals surface area contributed by atoms with E-state index >= 15 is 0 Å². The topological polar surface area (TPSA) is 62.5 Å². The smallest absolute Gasteiger partial charge is 0.290 e. The molecule has 0 bridgehead atoms. The SMILES string of the molecule is Cc1nccc(N2CCN(C(=O)c3oc4c(C)ccc(C)c4c3C)CC2)n1. The molecule has 1 aliphatic rings. The van der Waals surface area contributed by atoms with Crippen LogP contribution in [0.25, 0.3) is 11.0 Å². The molecular formula is C21H24N4O2. The highest BCUT2D eigenvalue weighted by atomic mass is 16.3. The molecular weight excluding hydrogens is 340 g/mol. The fourth-order valence-electron chi connectivity index (χ4n) is 3.78. The molecule has 0 spiro atoms. The van der Waals surface area contributed by atoms with Crippen molar-refractivity contribution in [3.05, 3.63) is 52.7 Å². The Balaban J connectivity index is 1.55. The maximum absolute atomic E-state index is 13.1. The van der Waals surface area contributed by atoms with Crippen LogP contribution in [0.15, 0.2) is 28.8 Å². The van der Waals surface area contributed by atoms with Gasteiger partial charge in [0, 0.05) is 43.3 Å². The Morgan fingerprint density at radius 1 is 1.00 bits per heavy atom. The Labute approximate surface area is 158 Å². The highest BCUT2D eigenvalue weighted by Gasteiger charge is 2.28. The summed E-state index contributed by atoms with van der Waals surface area (Å²) in [5.41, 5.74) is 3.96. The first-order chi connectivity index (χ1) is 13.0. The number of aryl methyl sites for hydroxylation is 4. The molecule has 1 fully saturated rings. The van der Waals surface area contributed by atoms with Crippen molar-refractivity contribution >= 4 is 22.7 Å². The van der Waals surface area contributed by atoms with Crippen LogP contribution in [0, 0.1) is 27.7 Å². The van der Waals surface area contributed by atoms with Gasteiger partial charge in [-0.05, 0) is 44.9 Å². The van der Waals surface area contributed by atoms with Crippen LogP contribution < -0.4 is 4.90 Å². The van der Waals surface area contributed by atoms with E-state index in [1.165, 1.54) is 0 Å². The van der Waals surface area contributed by atoms with E-state index in [4.69, 9.17) is 4.42 Å².